The molecule has 1 unspecified atom stereocenters. The molecular weight excluding hydrogens is 348 g/mol. The standard InChI is InChI=1S/C18H24N6O3/c25-16(13-8-19-21-15(13)12-4-2-1-3-5-12)23-7-6-18(10-23)11-24-14(9-27-18)20-22-17(24)26/h8,12H,1-7,9-11H2,(H,19,21)(H,22,26). The smallest absolute Gasteiger partial charge is 0.343 e. The Hall–Kier alpha value is -2.42. The molecule has 2 aliphatic heterocycles. The predicted octanol–water partition coefficient (Wildman–Crippen LogP) is 1.16. The third kappa shape index (κ3) is 2.80. The van der Waals surface area contributed by atoms with Gasteiger partial charge in [-0.3, -0.25) is 14.5 Å². The average molecular weight is 372 g/mol. The van der Waals surface area contributed by atoms with Gasteiger partial charge in [-0.25, -0.2) is 9.89 Å². The van der Waals surface area contributed by atoms with Crippen LogP contribution in [0.15, 0.2) is 11.0 Å². The Balaban J connectivity index is 1.34. The van der Waals surface area contributed by atoms with Crippen LogP contribution < -0.4 is 5.69 Å². The molecule has 9 heteroatoms. The number of hydrogen-bond acceptors (Lipinski definition) is 5. The van der Waals surface area contributed by atoms with Crippen LogP contribution in [0, 0.1) is 0 Å². The van der Waals surface area contributed by atoms with E-state index < -0.39 is 5.60 Å². The van der Waals surface area contributed by atoms with Crippen LogP contribution >= 0.6 is 0 Å². The maximum Gasteiger partial charge on any atom is 0.343 e. The number of nitrogens with one attached hydrogen (secondary N) is 2. The minimum atomic E-state index is -0.509. The first-order valence-electron chi connectivity index (χ1n) is 9.76. The molecule has 3 aliphatic rings. The first-order valence-corrected chi connectivity index (χ1v) is 9.76. The highest BCUT2D eigenvalue weighted by molar-refractivity contribution is 5.95. The van der Waals surface area contributed by atoms with Gasteiger partial charge in [-0.05, 0) is 19.3 Å². The molecule has 2 fully saturated rings. The topological polar surface area (TPSA) is 109 Å². The largest absolute Gasteiger partial charge is 0.363 e. The van der Waals surface area contributed by atoms with Crippen molar-refractivity contribution in [2.75, 3.05) is 13.1 Å². The van der Waals surface area contributed by atoms with Crippen molar-refractivity contribution >= 4 is 5.91 Å². The monoisotopic (exact) mass is 372 g/mol. The van der Waals surface area contributed by atoms with Crippen LogP contribution in [0.3, 0.4) is 0 Å². The Kier molecular flexibility index (Phi) is 3.92. The SMILES string of the molecule is O=C(c1cn[nH]c1C1CCCCC1)N1CCC2(C1)Cn1c(n[nH]c1=O)CO2. The fraction of sp³-hybridized carbons (Fsp3) is 0.667. The summed E-state index contributed by atoms with van der Waals surface area (Å²) in [6, 6.07) is 0. The van der Waals surface area contributed by atoms with E-state index in [2.05, 4.69) is 20.4 Å². The number of carbonyl (C=O) groups excluding carboxylic acids is 1. The average Bonchev–Trinajstić information content (AvgIpc) is 3.42. The van der Waals surface area contributed by atoms with E-state index in [-0.39, 0.29) is 11.6 Å². The zero-order chi connectivity index (χ0) is 18.4. The van der Waals surface area contributed by atoms with E-state index in [9.17, 15) is 9.59 Å². The van der Waals surface area contributed by atoms with Gasteiger partial charge in [0.05, 0.1) is 30.5 Å². The van der Waals surface area contributed by atoms with Gasteiger partial charge in [0.2, 0.25) is 0 Å². The quantitative estimate of drug-likeness (QED) is 0.822. The summed E-state index contributed by atoms with van der Waals surface area (Å²) in [5.41, 5.74) is 0.951. The van der Waals surface area contributed by atoms with E-state index in [1.54, 1.807) is 10.8 Å². The van der Waals surface area contributed by atoms with Crippen LogP contribution in [0.2, 0.25) is 0 Å². The molecule has 0 bridgehead atoms. The van der Waals surface area contributed by atoms with Crippen LogP contribution in [0.1, 0.15) is 66.3 Å². The predicted molar refractivity (Wildman–Crippen MR) is 95.3 cm³/mol. The second-order valence-electron chi connectivity index (χ2n) is 8.01. The molecule has 1 atom stereocenters. The number of likely N-dealkylation sites (tertiary alicyclic amines) is 1. The molecule has 2 aromatic rings. The third-order valence-corrected chi connectivity index (χ3v) is 6.31. The molecule has 144 valence electrons. The fourth-order valence-corrected chi connectivity index (χ4v) is 4.78. The van der Waals surface area contributed by atoms with E-state index in [4.69, 9.17) is 4.74 Å². The van der Waals surface area contributed by atoms with Gasteiger partial charge < -0.3 is 9.64 Å². The number of aromatic amines is 2. The van der Waals surface area contributed by atoms with E-state index in [0.717, 1.165) is 18.5 Å². The highest BCUT2D eigenvalue weighted by atomic mass is 16.5. The van der Waals surface area contributed by atoms with Gasteiger partial charge in [0, 0.05) is 12.5 Å². The highest BCUT2D eigenvalue weighted by Gasteiger charge is 2.45. The maximum atomic E-state index is 13.2. The number of carbonyl (C=O) groups is 1. The minimum Gasteiger partial charge on any atom is -0.363 e. The second-order valence-corrected chi connectivity index (χ2v) is 8.01. The Morgan fingerprint density at radius 3 is 2.93 bits per heavy atom. The van der Waals surface area contributed by atoms with Gasteiger partial charge in [0.1, 0.15) is 12.2 Å². The maximum absolute atomic E-state index is 13.2. The minimum absolute atomic E-state index is 0.00939. The Bertz CT molecular complexity index is 908. The zero-order valence-corrected chi connectivity index (χ0v) is 15.2. The summed E-state index contributed by atoms with van der Waals surface area (Å²) in [5, 5.41) is 13.7. The molecule has 1 amide bonds. The molecule has 1 saturated carbocycles. The van der Waals surface area contributed by atoms with Gasteiger partial charge >= 0.3 is 5.69 Å². The summed E-state index contributed by atoms with van der Waals surface area (Å²) in [7, 11) is 0. The molecule has 2 N–H and O–H groups in total. The molecule has 1 aliphatic carbocycles. The summed E-state index contributed by atoms with van der Waals surface area (Å²) in [6.45, 7) is 1.83. The van der Waals surface area contributed by atoms with Crippen molar-refractivity contribution < 1.29 is 9.53 Å². The summed E-state index contributed by atoms with van der Waals surface area (Å²) >= 11 is 0. The van der Waals surface area contributed by atoms with Gasteiger partial charge in [0.25, 0.3) is 5.91 Å². The van der Waals surface area contributed by atoms with Gasteiger partial charge in [-0.15, -0.1) is 0 Å². The van der Waals surface area contributed by atoms with Crippen molar-refractivity contribution in [2.24, 2.45) is 0 Å². The lowest BCUT2D eigenvalue weighted by Crippen LogP contribution is -2.47. The molecule has 1 saturated heterocycles. The van der Waals surface area contributed by atoms with Gasteiger partial charge in [-0.1, -0.05) is 19.3 Å². The fourth-order valence-electron chi connectivity index (χ4n) is 4.78. The lowest BCUT2D eigenvalue weighted by molar-refractivity contribution is -0.0816. The Morgan fingerprint density at radius 2 is 2.07 bits per heavy atom. The van der Waals surface area contributed by atoms with Crippen LogP contribution in [-0.4, -0.2) is 54.5 Å². The first-order chi connectivity index (χ1) is 13.2. The van der Waals surface area contributed by atoms with Crippen LogP contribution in [0.4, 0.5) is 0 Å². The Morgan fingerprint density at radius 1 is 1.22 bits per heavy atom. The highest BCUT2D eigenvalue weighted by Crippen LogP contribution is 2.35. The van der Waals surface area contributed by atoms with Crippen molar-refractivity contribution in [1.29, 1.82) is 0 Å². The number of aromatic nitrogens is 5. The zero-order valence-electron chi connectivity index (χ0n) is 15.2. The van der Waals surface area contributed by atoms with Gasteiger partial charge in [-0.2, -0.15) is 10.2 Å². The number of H-pyrrole nitrogens is 2. The van der Waals surface area contributed by atoms with E-state index in [1.807, 2.05) is 4.90 Å². The van der Waals surface area contributed by atoms with Crippen LogP contribution in [0.25, 0.3) is 0 Å². The van der Waals surface area contributed by atoms with E-state index >= 15 is 0 Å². The molecule has 0 radical (unpaired) electrons. The number of amides is 1. The number of hydrogen-bond donors (Lipinski definition) is 2. The lowest BCUT2D eigenvalue weighted by atomic mass is 9.85. The molecule has 1 spiro atoms. The number of nitrogens with zero attached hydrogens (tertiary/aromatic N) is 4. The van der Waals surface area contributed by atoms with Crippen molar-refractivity contribution in [1.82, 2.24) is 29.9 Å². The molecule has 27 heavy (non-hydrogen) atoms. The molecule has 4 heterocycles. The molecule has 5 rings (SSSR count). The summed E-state index contributed by atoms with van der Waals surface area (Å²) in [5.74, 6) is 1.02. The molecule has 0 aromatic carbocycles. The molecule has 2 aromatic heterocycles. The summed E-state index contributed by atoms with van der Waals surface area (Å²) in [6.07, 6.45) is 8.29. The van der Waals surface area contributed by atoms with Crippen molar-refractivity contribution in [3.8, 4) is 0 Å². The first kappa shape index (κ1) is 16.7. The number of rotatable bonds is 2. The number of ether oxygens (including phenoxy) is 1. The van der Waals surface area contributed by atoms with Crippen LogP contribution in [0.5, 0.6) is 0 Å². The van der Waals surface area contributed by atoms with Crippen LogP contribution in [-0.2, 0) is 17.9 Å². The normalized spacial score (nSPS) is 25.9. The molecular formula is C18H24N6O3. The third-order valence-electron chi connectivity index (χ3n) is 6.31. The summed E-state index contributed by atoms with van der Waals surface area (Å²) < 4.78 is 7.68. The van der Waals surface area contributed by atoms with Crippen molar-refractivity contribution in [2.45, 2.75) is 63.2 Å². The Labute approximate surface area is 156 Å². The van der Waals surface area contributed by atoms with E-state index in [0.29, 0.717) is 50.0 Å². The molecule has 9 nitrogen and oxygen atoms in total. The van der Waals surface area contributed by atoms with Gasteiger partial charge in [0.15, 0.2) is 5.82 Å². The number of fused-ring (bicyclic) bond motifs is 1. The van der Waals surface area contributed by atoms with Crippen molar-refractivity contribution in [3.63, 3.8) is 0 Å². The van der Waals surface area contributed by atoms with Crippen molar-refractivity contribution in [3.05, 3.63) is 33.8 Å². The van der Waals surface area contributed by atoms with E-state index in [1.165, 1.54) is 19.3 Å². The summed E-state index contributed by atoms with van der Waals surface area (Å²) in [4.78, 5) is 26.9. The lowest BCUT2D eigenvalue weighted by Gasteiger charge is -2.33. The second kappa shape index (κ2) is 6.33.